The Morgan fingerprint density at radius 1 is 1.28 bits per heavy atom. The highest BCUT2D eigenvalue weighted by atomic mass is 19.1. The van der Waals surface area contributed by atoms with Crippen molar-refractivity contribution >= 4 is 11.6 Å². The fourth-order valence-corrected chi connectivity index (χ4v) is 3.38. The lowest BCUT2D eigenvalue weighted by atomic mass is 9.99. The summed E-state index contributed by atoms with van der Waals surface area (Å²) in [4.78, 5) is 16.5. The number of rotatable bonds is 6. The normalized spacial score (nSPS) is 13.0. The Morgan fingerprint density at radius 3 is 2.90 bits per heavy atom. The Hall–Kier alpha value is -3.19. The number of fused-ring (bicyclic) bond motifs is 1. The highest BCUT2D eigenvalue weighted by Gasteiger charge is 2.18. The van der Waals surface area contributed by atoms with Crippen LogP contribution in [0.15, 0.2) is 47.0 Å². The number of aryl methyl sites for hydroxylation is 1. The number of ether oxygens (including phenoxy) is 1. The summed E-state index contributed by atoms with van der Waals surface area (Å²) in [6.45, 7) is 1.39. The summed E-state index contributed by atoms with van der Waals surface area (Å²) in [5.74, 6) is 1.23. The van der Waals surface area contributed by atoms with Gasteiger partial charge in [-0.1, -0.05) is 6.07 Å². The average molecular weight is 395 g/mol. The van der Waals surface area contributed by atoms with Gasteiger partial charge in [0.2, 0.25) is 5.91 Å². The van der Waals surface area contributed by atoms with Gasteiger partial charge in [-0.05, 0) is 54.4 Å². The van der Waals surface area contributed by atoms with Crippen LogP contribution in [0.4, 0.5) is 10.1 Å². The molecule has 7 heteroatoms. The molecule has 2 aromatic carbocycles. The lowest BCUT2D eigenvalue weighted by Gasteiger charge is -2.19. The quantitative estimate of drug-likeness (QED) is 0.666. The number of nitrogens with zero attached hydrogens (tertiary/aromatic N) is 1. The number of anilines is 1. The van der Waals surface area contributed by atoms with Crippen LogP contribution in [0.2, 0.25) is 0 Å². The summed E-state index contributed by atoms with van der Waals surface area (Å²) >= 11 is 0. The Kier molecular flexibility index (Phi) is 5.57. The van der Waals surface area contributed by atoms with E-state index >= 15 is 0 Å². The molecule has 0 bridgehead atoms. The zero-order valence-corrected chi connectivity index (χ0v) is 16.1. The number of halogens is 1. The van der Waals surface area contributed by atoms with Crippen LogP contribution in [0, 0.1) is 5.82 Å². The number of hydrogen-bond donors (Lipinski definition) is 2. The van der Waals surface area contributed by atoms with Gasteiger partial charge >= 0.3 is 0 Å². The molecule has 0 spiro atoms. The number of nitrogens with one attached hydrogen (secondary N) is 2. The first-order chi connectivity index (χ1) is 14.1. The van der Waals surface area contributed by atoms with E-state index in [1.165, 1.54) is 0 Å². The van der Waals surface area contributed by atoms with Gasteiger partial charge in [0, 0.05) is 24.9 Å². The molecule has 3 aromatic rings. The maximum absolute atomic E-state index is 14.6. The molecule has 1 aromatic heterocycles. The maximum atomic E-state index is 14.6. The molecule has 0 radical (unpaired) electrons. The van der Waals surface area contributed by atoms with Crippen LogP contribution in [0.1, 0.15) is 23.4 Å². The lowest BCUT2D eigenvalue weighted by Crippen LogP contribution is -2.25. The summed E-state index contributed by atoms with van der Waals surface area (Å²) in [6, 6.07) is 10.9. The molecule has 2 heterocycles. The minimum Gasteiger partial charge on any atom is -0.497 e. The zero-order chi connectivity index (χ0) is 20.2. The molecule has 0 atom stereocenters. The molecule has 0 fully saturated rings. The van der Waals surface area contributed by atoms with E-state index in [9.17, 15) is 9.18 Å². The van der Waals surface area contributed by atoms with Crippen LogP contribution in [0.25, 0.3) is 11.3 Å². The maximum Gasteiger partial charge on any atom is 0.224 e. The smallest absolute Gasteiger partial charge is 0.224 e. The first kappa shape index (κ1) is 19.1. The van der Waals surface area contributed by atoms with Crippen molar-refractivity contribution in [1.82, 2.24) is 10.3 Å². The molecule has 1 aliphatic heterocycles. The summed E-state index contributed by atoms with van der Waals surface area (Å²) < 4.78 is 25.5. The van der Waals surface area contributed by atoms with Gasteiger partial charge in [0.05, 0.1) is 19.0 Å². The van der Waals surface area contributed by atoms with Crippen molar-refractivity contribution in [3.8, 4) is 17.1 Å². The van der Waals surface area contributed by atoms with Gasteiger partial charge in [0.1, 0.15) is 11.6 Å². The second-order valence-electron chi connectivity index (χ2n) is 6.89. The number of aromatic nitrogens is 1. The van der Waals surface area contributed by atoms with Crippen LogP contribution in [0.3, 0.4) is 0 Å². The van der Waals surface area contributed by atoms with E-state index in [4.69, 9.17) is 9.15 Å². The van der Waals surface area contributed by atoms with E-state index in [-0.39, 0.29) is 23.8 Å². The standard InChI is InChI=1S/C22H22FN3O3/c1-28-16-5-2-14(3-6-16)19-13-25-21(29-19)9-8-20(27)26-18-7-4-15-12-24-11-10-17(15)22(18)23/h2-7,13,24H,8-12H2,1H3,(H,26,27). The monoisotopic (exact) mass is 395 g/mol. The van der Waals surface area contributed by atoms with E-state index < -0.39 is 0 Å². The van der Waals surface area contributed by atoms with E-state index in [1.54, 1.807) is 19.4 Å². The topological polar surface area (TPSA) is 76.4 Å². The summed E-state index contributed by atoms with van der Waals surface area (Å²) in [6.07, 6.45) is 2.74. The van der Waals surface area contributed by atoms with E-state index in [2.05, 4.69) is 15.6 Å². The number of hydrogen-bond acceptors (Lipinski definition) is 5. The van der Waals surface area contributed by atoms with E-state index in [1.807, 2.05) is 30.3 Å². The SMILES string of the molecule is COc1ccc(-c2cnc(CCC(=O)Nc3ccc4c(c3F)CCNC4)o2)cc1. The molecule has 0 saturated heterocycles. The number of methoxy groups -OCH3 is 1. The van der Waals surface area contributed by atoms with Crippen LogP contribution in [-0.4, -0.2) is 24.5 Å². The first-order valence-electron chi connectivity index (χ1n) is 9.54. The lowest BCUT2D eigenvalue weighted by molar-refractivity contribution is -0.116. The van der Waals surface area contributed by atoms with E-state index in [0.717, 1.165) is 23.4 Å². The fraction of sp³-hybridized carbons (Fsp3) is 0.273. The highest BCUT2D eigenvalue weighted by molar-refractivity contribution is 5.91. The van der Waals surface area contributed by atoms with Crippen LogP contribution in [0.5, 0.6) is 5.75 Å². The Labute approximate surface area is 168 Å². The van der Waals surface area contributed by atoms with Gasteiger partial charge < -0.3 is 19.8 Å². The third-order valence-electron chi connectivity index (χ3n) is 4.98. The third kappa shape index (κ3) is 4.30. The minimum atomic E-state index is -0.338. The van der Waals surface area contributed by atoms with Gasteiger partial charge in [-0.25, -0.2) is 9.37 Å². The predicted octanol–water partition coefficient (Wildman–Crippen LogP) is 3.71. The Balaban J connectivity index is 1.36. The summed E-state index contributed by atoms with van der Waals surface area (Å²) in [5, 5.41) is 5.87. The molecular formula is C22H22FN3O3. The fourth-order valence-electron chi connectivity index (χ4n) is 3.38. The van der Waals surface area contributed by atoms with Crippen molar-refractivity contribution in [3.05, 3.63) is 65.4 Å². The number of carbonyl (C=O) groups excluding carboxylic acids is 1. The van der Waals surface area contributed by atoms with Crippen molar-refractivity contribution < 1.29 is 18.3 Å². The summed E-state index contributed by atoms with van der Waals surface area (Å²) in [5.41, 5.74) is 2.72. The second kappa shape index (κ2) is 8.45. The molecule has 2 N–H and O–H groups in total. The summed E-state index contributed by atoms with van der Waals surface area (Å²) in [7, 11) is 1.61. The molecule has 0 saturated carbocycles. The molecule has 4 rings (SSSR count). The largest absolute Gasteiger partial charge is 0.497 e. The van der Waals surface area contributed by atoms with Crippen LogP contribution >= 0.6 is 0 Å². The predicted molar refractivity (Wildman–Crippen MR) is 107 cm³/mol. The molecule has 1 aliphatic rings. The molecule has 0 aliphatic carbocycles. The zero-order valence-electron chi connectivity index (χ0n) is 16.1. The highest BCUT2D eigenvalue weighted by Crippen LogP contribution is 2.25. The van der Waals surface area contributed by atoms with Gasteiger partial charge in [-0.2, -0.15) is 0 Å². The molecule has 1 amide bonds. The Bertz CT molecular complexity index is 1010. The first-order valence-corrected chi connectivity index (χ1v) is 9.54. The van der Waals surface area contributed by atoms with Crippen molar-refractivity contribution in [2.45, 2.75) is 25.8 Å². The molecule has 0 unspecified atom stereocenters. The van der Waals surface area contributed by atoms with Crippen molar-refractivity contribution in [2.24, 2.45) is 0 Å². The number of benzene rings is 2. The molecular weight excluding hydrogens is 373 g/mol. The Morgan fingerprint density at radius 2 is 2.10 bits per heavy atom. The van der Waals surface area contributed by atoms with Crippen molar-refractivity contribution in [2.75, 3.05) is 19.0 Å². The van der Waals surface area contributed by atoms with E-state index in [0.29, 0.717) is 36.6 Å². The van der Waals surface area contributed by atoms with Crippen LogP contribution in [-0.2, 0) is 24.2 Å². The number of oxazole rings is 1. The third-order valence-corrected chi connectivity index (χ3v) is 4.98. The number of amides is 1. The minimum absolute atomic E-state index is 0.153. The van der Waals surface area contributed by atoms with Gasteiger partial charge in [-0.15, -0.1) is 0 Å². The number of carbonyl (C=O) groups is 1. The van der Waals surface area contributed by atoms with Crippen LogP contribution < -0.4 is 15.4 Å². The molecule has 150 valence electrons. The second-order valence-corrected chi connectivity index (χ2v) is 6.89. The van der Waals surface area contributed by atoms with Crippen molar-refractivity contribution in [1.29, 1.82) is 0 Å². The van der Waals surface area contributed by atoms with Crippen molar-refractivity contribution in [3.63, 3.8) is 0 Å². The van der Waals surface area contributed by atoms with Gasteiger partial charge in [-0.3, -0.25) is 4.79 Å². The van der Waals surface area contributed by atoms with Gasteiger partial charge in [0.15, 0.2) is 11.7 Å². The molecule has 6 nitrogen and oxygen atoms in total. The molecule has 29 heavy (non-hydrogen) atoms. The van der Waals surface area contributed by atoms with Gasteiger partial charge in [0.25, 0.3) is 0 Å². The average Bonchev–Trinajstić information content (AvgIpc) is 3.24.